The second-order valence-corrected chi connectivity index (χ2v) is 7.10. The van der Waals surface area contributed by atoms with Gasteiger partial charge in [0.1, 0.15) is 4.88 Å². The number of aromatic carboxylic acids is 1. The van der Waals surface area contributed by atoms with Crippen molar-refractivity contribution in [2.75, 3.05) is 0 Å². The number of nitrogens with two attached hydrogens (primary N) is 1. The maximum Gasteiger partial charge on any atom is 0.345 e. The van der Waals surface area contributed by atoms with E-state index in [-0.39, 0.29) is 9.77 Å². The van der Waals surface area contributed by atoms with Crippen molar-refractivity contribution in [3.05, 3.63) is 40.6 Å². The Morgan fingerprint density at radius 1 is 1.32 bits per heavy atom. The molecule has 0 saturated heterocycles. The number of hydrogen-bond donors (Lipinski definition) is 2. The number of carboxylic acid groups (broad SMARTS) is 1. The van der Waals surface area contributed by atoms with Gasteiger partial charge in [0.25, 0.3) is 0 Å². The summed E-state index contributed by atoms with van der Waals surface area (Å²) in [4.78, 5) is 12.2. The van der Waals surface area contributed by atoms with E-state index in [9.17, 15) is 13.2 Å². The highest BCUT2D eigenvalue weighted by Gasteiger charge is 2.15. The molecule has 0 bridgehead atoms. The lowest BCUT2D eigenvalue weighted by Crippen LogP contribution is -2.12. The number of benzene rings is 1. The molecule has 0 amide bonds. The summed E-state index contributed by atoms with van der Waals surface area (Å²) >= 11 is 2.26. The summed E-state index contributed by atoms with van der Waals surface area (Å²) < 4.78 is 22.9. The van der Waals surface area contributed by atoms with Crippen LogP contribution in [0.5, 0.6) is 0 Å². The highest BCUT2D eigenvalue weighted by molar-refractivity contribution is 8.00. The van der Waals surface area contributed by atoms with Gasteiger partial charge < -0.3 is 5.11 Å². The Bertz CT molecular complexity index is 721. The molecule has 1 aromatic carbocycles. The van der Waals surface area contributed by atoms with Crippen molar-refractivity contribution < 1.29 is 18.3 Å². The lowest BCUT2D eigenvalue weighted by Gasteiger charge is -2.05. The van der Waals surface area contributed by atoms with Crippen molar-refractivity contribution in [1.29, 1.82) is 0 Å². The van der Waals surface area contributed by atoms with E-state index >= 15 is 0 Å². The maximum atomic E-state index is 11.4. The summed E-state index contributed by atoms with van der Waals surface area (Å²) in [5, 5.41) is 15.6. The van der Waals surface area contributed by atoms with Gasteiger partial charge in [-0.3, -0.25) is 0 Å². The largest absolute Gasteiger partial charge is 0.477 e. The van der Waals surface area contributed by atoms with Crippen molar-refractivity contribution in [3.8, 4) is 0 Å². The summed E-state index contributed by atoms with van der Waals surface area (Å²) in [5.41, 5.74) is 0. The minimum Gasteiger partial charge on any atom is -0.477 e. The number of primary sulfonamides is 1. The van der Waals surface area contributed by atoms with Gasteiger partial charge in [0.2, 0.25) is 10.0 Å². The molecule has 1 heterocycles. The van der Waals surface area contributed by atoms with Gasteiger partial charge >= 0.3 is 5.97 Å². The van der Waals surface area contributed by atoms with Crippen LogP contribution in [0.4, 0.5) is 0 Å². The number of hydrogen-bond acceptors (Lipinski definition) is 5. The smallest absolute Gasteiger partial charge is 0.345 e. The molecule has 100 valence electrons. The zero-order chi connectivity index (χ0) is 14.0. The van der Waals surface area contributed by atoms with Crippen molar-refractivity contribution in [2.45, 2.75) is 14.7 Å². The Labute approximate surface area is 118 Å². The molecule has 0 unspecified atom stereocenters. The van der Waals surface area contributed by atoms with Crippen LogP contribution in [0.1, 0.15) is 9.67 Å². The van der Waals surface area contributed by atoms with Gasteiger partial charge in [0, 0.05) is 15.2 Å². The van der Waals surface area contributed by atoms with Crippen molar-refractivity contribution in [3.63, 3.8) is 0 Å². The number of rotatable bonds is 4. The number of carboxylic acids is 1. The predicted octanol–water partition coefficient (Wildman–Crippen LogP) is 2.24. The van der Waals surface area contributed by atoms with E-state index in [4.69, 9.17) is 10.2 Å². The minimum atomic E-state index is -3.80. The Balaban J connectivity index is 2.36. The van der Waals surface area contributed by atoms with Gasteiger partial charge in [-0.1, -0.05) is 23.9 Å². The van der Waals surface area contributed by atoms with Gasteiger partial charge in [0.15, 0.2) is 0 Å². The summed E-state index contributed by atoms with van der Waals surface area (Å²) in [5.74, 6) is -1.00. The van der Waals surface area contributed by atoms with Crippen LogP contribution in [0.15, 0.2) is 50.4 Å². The normalized spacial score (nSPS) is 11.4. The van der Waals surface area contributed by atoms with E-state index in [1.165, 1.54) is 23.9 Å². The SMILES string of the molecule is NS(=O)(=O)c1ccccc1Sc1csc(C(=O)O)c1. The monoisotopic (exact) mass is 315 g/mol. The topological polar surface area (TPSA) is 97.5 Å². The fraction of sp³-hybridized carbons (Fsp3) is 0. The van der Waals surface area contributed by atoms with E-state index in [2.05, 4.69) is 0 Å². The lowest BCUT2D eigenvalue weighted by atomic mass is 10.4. The molecular formula is C11H9NO4S3. The van der Waals surface area contributed by atoms with E-state index in [0.29, 0.717) is 9.79 Å². The van der Waals surface area contributed by atoms with Gasteiger partial charge in [0.05, 0.1) is 4.90 Å². The third-order valence-electron chi connectivity index (χ3n) is 2.17. The van der Waals surface area contributed by atoms with Gasteiger partial charge in [-0.25, -0.2) is 18.4 Å². The highest BCUT2D eigenvalue weighted by Crippen LogP contribution is 2.34. The van der Waals surface area contributed by atoms with E-state index < -0.39 is 16.0 Å². The van der Waals surface area contributed by atoms with Gasteiger partial charge in [-0.2, -0.15) is 0 Å². The molecule has 5 nitrogen and oxygen atoms in total. The van der Waals surface area contributed by atoms with Gasteiger partial charge in [-0.15, -0.1) is 11.3 Å². The molecular weight excluding hydrogens is 306 g/mol. The first-order valence-corrected chi connectivity index (χ1v) is 8.23. The average Bonchev–Trinajstić information content (AvgIpc) is 2.77. The second-order valence-electron chi connectivity index (χ2n) is 3.55. The zero-order valence-corrected chi connectivity index (χ0v) is 11.9. The molecule has 0 spiro atoms. The van der Waals surface area contributed by atoms with Crippen LogP contribution in [-0.4, -0.2) is 19.5 Å². The van der Waals surface area contributed by atoms with Crippen LogP contribution >= 0.6 is 23.1 Å². The fourth-order valence-electron chi connectivity index (χ4n) is 1.38. The maximum absolute atomic E-state index is 11.4. The quantitative estimate of drug-likeness (QED) is 0.901. The van der Waals surface area contributed by atoms with Gasteiger partial charge in [-0.05, 0) is 18.2 Å². The predicted molar refractivity (Wildman–Crippen MR) is 73.2 cm³/mol. The standard InChI is InChI=1S/C11H9NO4S3/c12-19(15,16)10-4-2-1-3-8(10)18-7-5-9(11(13)14)17-6-7/h1-6H,(H,13,14)(H2,12,15,16). The molecule has 0 fully saturated rings. The summed E-state index contributed by atoms with van der Waals surface area (Å²) in [7, 11) is -3.80. The Hall–Kier alpha value is -1.35. The molecule has 3 N–H and O–H groups in total. The van der Waals surface area contributed by atoms with E-state index in [1.54, 1.807) is 23.6 Å². The van der Waals surface area contributed by atoms with E-state index in [0.717, 1.165) is 11.3 Å². The Morgan fingerprint density at radius 2 is 2.00 bits per heavy atom. The molecule has 19 heavy (non-hydrogen) atoms. The molecule has 0 aliphatic carbocycles. The fourth-order valence-corrected chi connectivity index (χ4v) is 4.24. The summed E-state index contributed by atoms with van der Waals surface area (Å²) in [6.07, 6.45) is 0. The number of carbonyl (C=O) groups is 1. The molecule has 8 heteroatoms. The van der Waals surface area contributed by atoms with Crippen LogP contribution in [-0.2, 0) is 10.0 Å². The molecule has 0 atom stereocenters. The summed E-state index contributed by atoms with van der Waals surface area (Å²) in [6.45, 7) is 0. The number of thiophene rings is 1. The summed E-state index contributed by atoms with van der Waals surface area (Å²) in [6, 6.07) is 7.82. The minimum absolute atomic E-state index is 0.0306. The third-order valence-corrected chi connectivity index (χ3v) is 5.38. The number of sulfonamides is 1. The molecule has 0 aliphatic rings. The molecule has 0 saturated carbocycles. The van der Waals surface area contributed by atoms with Crippen LogP contribution in [0.3, 0.4) is 0 Å². The Morgan fingerprint density at radius 3 is 2.58 bits per heavy atom. The van der Waals surface area contributed by atoms with Crippen LogP contribution in [0.25, 0.3) is 0 Å². The van der Waals surface area contributed by atoms with Crippen LogP contribution in [0.2, 0.25) is 0 Å². The van der Waals surface area contributed by atoms with E-state index in [1.807, 2.05) is 0 Å². The average molecular weight is 315 g/mol. The molecule has 0 radical (unpaired) electrons. The zero-order valence-electron chi connectivity index (χ0n) is 9.44. The Kier molecular flexibility index (Phi) is 3.95. The first-order valence-electron chi connectivity index (χ1n) is 4.99. The van der Waals surface area contributed by atoms with Crippen molar-refractivity contribution in [2.24, 2.45) is 5.14 Å². The van der Waals surface area contributed by atoms with Crippen molar-refractivity contribution in [1.82, 2.24) is 0 Å². The molecule has 0 aliphatic heterocycles. The second kappa shape index (κ2) is 5.33. The molecule has 2 aromatic rings. The first-order chi connectivity index (χ1) is 8.88. The van der Waals surface area contributed by atoms with Crippen LogP contribution < -0.4 is 5.14 Å². The first kappa shape index (κ1) is 14.1. The lowest BCUT2D eigenvalue weighted by molar-refractivity contribution is 0.0702. The molecule has 1 aromatic heterocycles. The molecule has 2 rings (SSSR count). The third kappa shape index (κ3) is 3.35. The van der Waals surface area contributed by atoms with Crippen LogP contribution in [0, 0.1) is 0 Å². The van der Waals surface area contributed by atoms with Crippen molar-refractivity contribution >= 4 is 39.1 Å². The highest BCUT2D eigenvalue weighted by atomic mass is 32.2.